The number of benzene rings is 1. The van der Waals surface area contributed by atoms with Crippen LogP contribution in [0, 0.1) is 39.9 Å². The minimum atomic E-state index is -1.07. The number of rotatable bonds is 5. The van der Waals surface area contributed by atoms with Crippen LogP contribution in [-0.4, -0.2) is 47.8 Å². The van der Waals surface area contributed by atoms with Crippen molar-refractivity contribution >= 4 is 22.8 Å². The van der Waals surface area contributed by atoms with Crippen molar-refractivity contribution in [3.8, 4) is 0 Å². The standard InChI is InChI=1S/C37H49N5O3/c1-33(2)27-12-15-35(4)28(34(27,3)20-25-32(33)41-24-10-8-7-9-23(24)40-25)19-26(43)31-22(11-14-36(31,35)5)37(6,45)16-13-30(44)42-29-21-38-17-18-39-29/h7-10,17-18,21-22,26-28,31,43,45H,11-16,19-20H2,1-6H3,(H,39,42,44)/t22-,26+,27-,28+,31-,34-,35+,36+,37-/m0/s1. The van der Waals surface area contributed by atoms with Gasteiger partial charge in [0.2, 0.25) is 5.91 Å². The summed E-state index contributed by atoms with van der Waals surface area (Å²) in [6, 6.07) is 8.21. The molecule has 1 amide bonds. The van der Waals surface area contributed by atoms with Gasteiger partial charge < -0.3 is 15.5 Å². The van der Waals surface area contributed by atoms with E-state index in [9.17, 15) is 15.0 Å². The average molecular weight is 612 g/mol. The van der Waals surface area contributed by atoms with Crippen molar-refractivity contribution in [2.24, 2.45) is 39.9 Å². The largest absolute Gasteiger partial charge is 0.393 e. The Morgan fingerprint density at radius 3 is 2.42 bits per heavy atom. The zero-order valence-corrected chi connectivity index (χ0v) is 27.7. The van der Waals surface area contributed by atoms with Gasteiger partial charge in [0.15, 0.2) is 5.82 Å². The second kappa shape index (κ2) is 10.3. The van der Waals surface area contributed by atoms with Crippen LogP contribution in [0.15, 0.2) is 42.9 Å². The van der Waals surface area contributed by atoms with Gasteiger partial charge in [0.05, 0.1) is 40.3 Å². The lowest BCUT2D eigenvalue weighted by Gasteiger charge is -2.69. The summed E-state index contributed by atoms with van der Waals surface area (Å²) < 4.78 is 0. The molecule has 4 aliphatic rings. The first-order chi connectivity index (χ1) is 21.2. The number of aliphatic hydroxyl groups is 2. The van der Waals surface area contributed by atoms with E-state index in [4.69, 9.17) is 9.97 Å². The number of aliphatic hydroxyl groups excluding tert-OH is 1. The van der Waals surface area contributed by atoms with Crippen LogP contribution in [0.25, 0.3) is 11.0 Å². The molecule has 4 aliphatic carbocycles. The number of fused-ring (bicyclic) bond motifs is 7. The van der Waals surface area contributed by atoms with Gasteiger partial charge >= 0.3 is 0 Å². The lowest BCUT2D eigenvalue weighted by molar-refractivity contribution is -0.224. The first kappa shape index (κ1) is 30.7. The minimum Gasteiger partial charge on any atom is -0.393 e. The van der Waals surface area contributed by atoms with Crippen LogP contribution < -0.4 is 5.32 Å². The molecule has 0 saturated heterocycles. The van der Waals surface area contributed by atoms with Gasteiger partial charge in [-0.25, -0.2) is 15.0 Å². The topological polar surface area (TPSA) is 121 Å². The van der Waals surface area contributed by atoms with E-state index in [1.165, 1.54) is 6.20 Å². The molecule has 3 N–H and O–H groups in total. The summed E-state index contributed by atoms with van der Waals surface area (Å²) >= 11 is 0. The number of hydrogen-bond donors (Lipinski definition) is 3. The Labute approximate surface area is 266 Å². The quantitative estimate of drug-likeness (QED) is 0.311. The van der Waals surface area contributed by atoms with Crippen molar-refractivity contribution in [1.29, 1.82) is 0 Å². The van der Waals surface area contributed by atoms with Gasteiger partial charge in [0.1, 0.15) is 0 Å². The predicted molar refractivity (Wildman–Crippen MR) is 174 cm³/mol. The fraction of sp³-hybridized carbons (Fsp3) is 0.649. The van der Waals surface area contributed by atoms with E-state index in [2.05, 4.69) is 62.0 Å². The average Bonchev–Trinajstić information content (AvgIpc) is 3.38. The number of nitrogens with one attached hydrogen (secondary N) is 1. The number of aromatic nitrogens is 4. The van der Waals surface area contributed by atoms with Gasteiger partial charge in [0.25, 0.3) is 0 Å². The van der Waals surface area contributed by atoms with E-state index in [-0.39, 0.29) is 45.8 Å². The molecule has 3 fully saturated rings. The van der Waals surface area contributed by atoms with Gasteiger partial charge in [-0.2, -0.15) is 0 Å². The Kier molecular flexibility index (Phi) is 7.00. The first-order valence-electron chi connectivity index (χ1n) is 16.9. The third-order valence-electron chi connectivity index (χ3n) is 13.8. The van der Waals surface area contributed by atoms with E-state index in [0.29, 0.717) is 24.1 Å². The molecule has 3 saturated carbocycles. The normalized spacial score (nSPS) is 37.9. The van der Waals surface area contributed by atoms with Crippen LogP contribution in [-0.2, 0) is 16.6 Å². The van der Waals surface area contributed by atoms with E-state index in [1.807, 2.05) is 19.1 Å². The highest BCUT2D eigenvalue weighted by atomic mass is 16.3. The summed E-state index contributed by atoms with van der Waals surface area (Å²) in [5, 5.41) is 26.9. The third-order valence-corrected chi connectivity index (χ3v) is 13.8. The lowest BCUT2D eigenvalue weighted by atomic mass is 9.35. The Balaban J connectivity index is 1.17. The molecule has 3 aromatic rings. The summed E-state index contributed by atoms with van der Waals surface area (Å²) in [6.45, 7) is 14.0. The molecule has 0 spiro atoms. The maximum absolute atomic E-state index is 12.8. The van der Waals surface area contributed by atoms with Crippen molar-refractivity contribution in [1.82, 2.24) is 19.9 Å². The Morgan fingerprint density at radius 2 is 1.71 bits per heavy atom. The van der Waals surface area contributed by atoms with Crippen molar-refractivity contribution in [2.45, 2.75) is 110 Å². The molecule has 0 aliphatic heterocycles. The van der Waals surface area contributed by atoms with E-state index >= 15 is 0 Å². The number of anilines is 1. The molecule has 2 aromatic heterocycles. The van der Waals surface area contributed by atoms with Crippen LogP contribution >= 0.6 is 0 Å². The highest BCUT2D eigenvalue weighted by Crippen LogP contribution is 2.75. The lowest BCUT2D eigenvalue weighted by Crippen LogP contribution is -2.66. The summed E-state index contributed by atoms with van der Waals surface area (Å²) in [4.78, 5) is 31.3. The van der Waals surface area contributed by atoms with E-state index < -0.39 is 11.7 Å². The monoisotopic (exact) mass is 611 g/mol. The number of carbonyl (C=O) groups excluding carboxylic acids is 1. The van der Waals surface area contributed by atoms with Gasteiger partial charge in [-0.3, -0.25) is 9.78 Å². The van der Waals surface area contributed by atoms with Gasteiger partial charge in [-0.15, -0.1) is 0 Å². The number of hydrogen-bond acceptors (Lipinski definition) is 7. The summed E-state index contributed by atoms with van der Waals surface area (Å²) in [6.07, 6.45) is 10.3. The molecule has 1 aromatic carbocycles. The zero-order valence-electron chi connectivity index (χ0n) is 27.7. The Hall–Kier alpha value is -2.97. The van der Waals surface area contributed by atoms with Crippen molar-refractivity contribution in [3.63, 3.8) is 0 Å². The number of amides is 1. The molecule has 9 atom stereocenters. The minimum absolute atomic E-state index is 0.00813. The van der Waals surface area contributed by atoms with Crippen molar-refractivity contribution in [2.75, 3.05) is 5.32 Å². The molecule has 45 heavy (non-hydrogen) atoms. The summed E-state index contributed by atoms with van der Waals surface area (Å²) in [7, 11) is 0. The SMILES string of the molecule is CC1(C)c2nc3ccccc3nc2C[C@]2(C)[C@H]3C[C@@H](O)[C@@H]4[C@@H]([C@@](C)(O)CCC(=O)Nc5cnccn5)CC[C@@]4(C)[C@]3(C)CC[C@@H]12. The molecule has 0 radical (unpaired) electrons. The molecular weight excluding hydrogens is 562 g/mol. The molecule has 8 heteroatoms. The molecular formula is C37H49N5O3. The van der Waals surface area contributed by atoms with Gasteiger partial charge in [-0.1, -0.05) is 46.8 Å². The highest BCUT2D eigenvalue weighted by molar-refractivity contribution is 5.89. The van der Waals surface area contributed by atoms with Gasteiger partial charge in [0, 0.05) is 24.2 Å². The highest BCUT2D eigenvalue weighted by Gasteiger charge is 2.71. The molecule has 7 rings (SSSR count). The van der Waals surface area contributed by atoms with Gasteiger partial charge in [-0.05, 0) is 104 Å². The molecule has 8 nitrogen and oxygen atoms in total. The van der Waals surface area contributed by atoms with Crippen LogP contribution in [0.3, 0.4) is 0 Å². The summed E-state index contributed by atoms with van der Waals surface area (Å²) in [5.74, 6) is 0.883. The third kappa shape index (κ3) is 4.49. The Morgan fingerprint density at radius 1 is 1.00 bits per heavy atom. The van der Waals surface area contributed by atoms with Crippen molar-refractivity contribution < 1.29 is 15.0 Å². The fourth-order valence-corrected chi connectivity index (χ4v) is 11.6. The fourth-order valence-electron chi connectivity index (χ4n) is 11.6. The number of para-hydroxylation sites is 2. The second-order valence-corrected chi connectivity index (χ2v) is 16.4. The maximum atomic E-state index is 12.8. The first-order valence-corrected chi connectivity index (χ1v) is 16.9. The maximum Gasteiger partial charge on any atom is 0.225 e. The smallest absolute Gasteiger partial charge is 0.225 e. The van der Waals surface area contributed by atoms with Crippen LogP contribution in [0.4, 0.5) is 5.82 Å². The summed E-state index contributed by atoms with van der Waals surface area (Å²) in [5.41, 5.74) is 2.83. The Bertz CT molecular complexity index is 1630. The number of nitrogens with zero attached hydrogens (tertiary/aromatic N) is 4. The van der Waals surface area contributed by atoms with E-state index in [1.54, 1.807) is 12.4 Å². The van der Waals surface area contributed by atoms with Crippen LogP contribution in [0.5, 0.6) is 0 Å². The number of carbonyl (C=O) groups is 1. The molecule has 240 valence electrons. The van der Waals surface area contributed by atoms with E-state index in [0.717, 1.165) is 60.9 Å². The second-order valence-electron chi connectivity index (χ2n) is 16.4. The van der Waals surface area contributed by atoms with Crippen molar-refractivity contribution in [3.05, 3.63) is 54.2 Å². The molecule has 0 unspecified atom stereocenters. The molecule has 2 heterocycles. The molecule has 0 bridgehead atoms. The van der Waals surface area contributed by atoms with Crippen LogP contribution in [0.2, 0.25) is 0 Å². The van der Waals surface area contributed by atoms with Crippen LogP contribution in [0.1, 0.15) is 97.9 Å². The zero-order chi connectivity index (χ0) is 32.0. The predicted octanol–water partition coefficient (Wildman–Crippen LogP) is 6.26.